The Bertz CT molecular complexity index is 632. The summed E-state index contributed by atoms with van der Waals surface area (Å²) in [6.45, 7) is 3.70. The number of benzene rings is 1. The highest BCUT2D eigenvalue weighted by Crippen LogP contribution is 2.36. The Morgan fingerprint density at radius 3 is 2.87 bits per heavy atom. The van der Waals surface area contributed by atoms with Gasteiger partial charge in [0.1, 0.15) is 0 Å². The Labute approximate surface area is 139 Å². The third-order valence-electron chi connectivity index (χ3n) is 4.95. The van der Waals surface area contributed by atoms with Crippen molar-refractivity contribution >= 4 is 10.0 Å². The molecule has 0 bridgehead atoms. The quantitative estimate of drug-likeness (QED) is 0.768. The van der Waals surface area contributed by atoms with Crippen molar-refractivity contribution in [2.24, 2.45) is 0 Å². The maximum atomic E-state index is 11.0. The first kappa shape index (κ1) is 16.9. The molecular weight excluding hydrogens is 310 g/mol. The summed E-state index contributed by atoms with van der Waals surface area (Å²) in [4.78, 5) is 2.62. The van der Waals surface area contributed by atoms with Gasteiger partial charge in [0.15, 0.2) is 0 Å². The molecule has 0 unspecified atom stereocenters. The number of hydrogen-bond acceptors (Lipinski definition) is 4. The minimum atomic E-state index is -3.06. The van der Waals surface area contributed by atoms with Crippen molar-refractivity contribution in [1.29, 1.82) is 0 Å². The Morgan fingerprint density at radius 1 is 1.22 bits per heavy atom. The van der Waals surface area contributed by atoms with Gasteiger partial charge < -0.3 is 5.32 Å². The third kappa shape index (κ3) is 4.53. The van der Waals surface area contributed by atoms with Crippen LogP contribution in [0.15, 0.2) is 24.3 Å². The molecule has 2 heterocycles. The summed E-state index contributed by atoms with van der Waals surface area (Å²) in [6.07, 6.45) is 5.53. The standard InChI is InChI=1S/C17H27N3O2S/c1-23(21,22)19-10-4-9-18-15-8-12-20-11-7-14-5-2-3-6-16(14)17(20)13-15/h2-3,5-6,15,17-19H,4,7-13H2,1H3/t15-,17+/m0/s1. The number of nitrogens with one attached hydrogen (secondary N) is 2. The molecule has 1 aromatic carbocycles. The number of fused-ring (bicyclic) bond motifs is 3. The zero-order valence-electron chi connectivity index (χ0n) is 13.8. The highest BCUT2D eigenvalue weighted by atomic mass is 32.2. The number of nitrogens with zero attached hydrogens (tertiary/aromatic N) is 1. The molecule has 0 amide bonds. The van der Waals surface area contributed by atoms with Crippen LogP contribution in [-0.4, -0.2) is 51.8 Å². The first-order valence-electron chi connectivity index (χ1n) is 8.53. The summed E-state index contributed by atoms with van der Waals surface area (Å²) >= 11 is 0. The van der Waals surface area contributed by atoms with Crippen molar-refractivity contribution in [2.45, 2.75) is 37.8 Å². The maximum absolute atomic E-state index is 11.0. The molecule has 0 spiro atoms. The number of rotatable bonds is 6. The summed E-state index contributed by atoms with van der Waals surface area (Å²) in [6, 6.07) is 9.91. The molecule has 0 aliphatic carbocycles. The molecule has 0 radical (unpaired) electrons. The van der Waals surface area contributed by atoms with Crippen molar-refractivity contribution in [3.8, 4) is 0 Å². The zero-order chi connectivity index (χ0) is 16.3. The van der Waals surface area contributed by atoms with Crippen molar-refractivity contribution in [3.63, 3.8) is 0 Å². The van der Waals surface area contributed by atoms with Crippen molar-refractivity contribution in [1.82, 2.24) is 14.9 Å². The van der Waals surface area contributed by atoms with Crippen molar-refractivity contribution in [3.05, 3.63) is 35.4 Å². The molecule has 0 aromatic heterocycles. The van der Waals surface area contributed by atoms with Gasteiger partial charge in [0.2, 0.25) is 10.0 Å². The third-order valence-corrected chi connectivity index (χ3v) is 5.68. The van der Waals surface area contributed by atoms with Gasteiger partial charge >= 0.3 is 0 Å². The van der Waals surface area contributed by atoms with E-state index in [-0.39, 0.29) is 0 Å². The Hall–Kier alpha value is -0.950. The summed E-state index contributed by atoms with van der Waals surface area (Å²) in [5.74, 6) is 0. The van der Waals surface area contributed by atoms with Crippen LogP contribution in [0.2, 0.25) is 0 Å². The molecule has 2 N–H and O–H groups in total. The van der Waals surface area contributed by atoms with Crippen LogP contribution < -0.4 is 10.0 Å². The van der Waals surface area contributed by atoms with E-state index in [2.05, 4.69) is 39.2 Å². The summed E-state index contributed by atoms with van der Waals surface area (Å²) < 4.78 is 24.6. The van der Waals surface area contributed by atoms with E-state index in [1.165, 1.54) is 36.8 Å². The Balaban J connectivity index is 1.49. The molecule has 5 nitrogen and oxygen atoms in total. The zero-order valence-corrected chi connectivity index (χ0v) is 14.6. The molecule has 1 saturated heterocycles. The molecule has 2 atom stereocenters. The molecule has 6 heteroatoms. The molecule has 1 aromatic rings. The van der Waals surface area contributed by atoms with Gasteiger partial charge in [-0.1, -0.05) is 24.3 Å². The highest BCUT2D eigenvalue weighted by molar-refractivity contribution is 7.88. The van der Waals surface area contributed by atoms with Gasteiger partial charge in [-0.2, -0.15) is 0 Å². The molecule has 23 heavy (non-hydrogen) atoms. The monoisotopic (exact) mass is 337 g/mol. The van der Waals surface area contributed by atoms with E-state index < -0.39 is 10.0 Å². The maximum Gasteiger partial charge on any atom is 0.208 e. The van der Waals surface area contributed by atoms with E-state index in [4.69, 9.17) is 0 Å². The lowest BCUT2D eigenvalue weighted by molar-refractivity contribution is 0.116. The predicted octanol–water partition coefficient (Wildman–Crippen LogP) is 1.28. The summed E-state index contributed by atoms with van der Waals surface area (Å²) in [5, 5.41) is 3.61. The lowest BCUT2D eigenvalue weighted by Crippen LogP contribution is -2.47. The van der Waals surface area contributed by atoms with Crippen LogP contribution in [0, 0.1) is 0 Å². The SMILES string of the molecule is CS(=O)(=O)NCCCN[C@H]1CCN2CCc3ccccc3[C@H]2C1. The van der Waals surface area contributed by atoms with Crippen molar-refractivity contribution in [2.75, 3.05) is 32.4 Å². The average molecular weight is 337 g/mol. The molecule has 128 valence electrons. The fourth-order valence-electron chi connectivity index (χ4n) is 3.79. The van der Waals surface area contributed by atoms with E-state index in [0.29, 0.717) is 18.6 Å². The molecule has 0 saturated carbocycles. The van der Waals surface area contributed by atoms with Gasteiger partial charge in [0, 0.05) is 31.7 Å². The van der Waals surface area contributed by atoms with E-state index in [9.17, 15) is 8.42 Å². The second kappa shape index (κ2) is 7.30. The largest absolute Gasteiger partial charge is 0.314 e. The van der Waals surface area contributed by atoms with Crippen LogP contribution in [-0.2, 0) is 16.4 Å². The van der Waals surface area contributed by atoms with Gasteiger partial charge in [-0.15, -0.1) is 0 Å². The van der Waals surface area contributed by atoms with Crippen LogP contribution in [0.3, 0.4) is 0 Å². The Kier molecular flexibility index (Phi) is 5.36. The second-order valence-electron chi connectivity index (χ2n) is 6.70. The van der Waals surface area contributed by atoms with Gasteiger partial charge in [-0.25, -0.2) is 13.1 Å². The number of hydrogen-bond donors (Lipinski definition) is 2. The lowest BCUT2D eigenvalue weighted by Gasteiger charge is -2.43. The molecular formula is C17H27N3O2S. The minimum absolute atomic E-state index is 0.511. The second-order valence-corrected chi connectivity index (χ2v) is 8.53. The predicted molar refractivity (Wildman–Crippen MR) is 92.9 cm³/mol. The minimum Gasteiger partial charge on any atom is -0.314 e. The van der Waals surface area contributed by atoms with Crippen LogP contribution in [0.25, 0.3) is 0 Å². The topological polar surface area (TPSA) is 61.4 Å². The van der Waals surface area contributed by atoms with Crippen LogP contribution in [0.5, 0.6) is 0 Å². The Morgan fingerprint density at radius 2 is 2.04 bits per heavy atom. The molecule has 2 aliphatic heterocycles. The van der Waals surface area contributed by atoms with E-state index in [0.717, 1.165) is 25.9 Å². The first-order chi connectivity index (χ1) is 11.0. The molecule has 3 rings (SSSR count). The van der Waals surface area contributed by atoms with Crippen LogP contribution in [0.1, 0.15) is 36.4 Å². The van der Waals surface area contributed by atoms with Gasteiger partial charge in [-0.05, 0) is 43.4 Å². The highest BCUT2D eigenvalue weighted by Gasteiger charge is 2.32. The van der Waals surface area contributed by atoms with Gasteiger partial charge in [0.05, 0.1) is 6.26 Å². The fourth-order valence-corrected chi connectivity index (χ4v) is 4.31. The number of sulfonamides is 1. The van der Waals surface area contributed by atoms with Gasteiger partial charge in [-0.3, -0.25) is 4.90 Å². The van der Waals surface area contributed by atoms with E-state index in [1.807, 2.05) is 0 Å². The fraction of sp³-hybridized carbons (Fsp3) is 0.647. The van der Waals surface area contributed by atoms with Crippen LogP contribution >= 0.6 is 0 Å². The molecule has 1 fully saturated rings. The van der Waals surface area contributed by atoms with E-state index >= 15 is 0 Å². The van der Waals surface area contributed by atoms with Crippen molar-refractivity contribution < 1.29 is 8.42 Å². The lowest BCUT2D eigenvalue weighted by atomic mass is 9.85. The number of piperidine rings is 1. The summed E-state index contributed by atoms with van der Waals surface area (Å²) in [7, 11) is -3.06. The van der Waals surface area contributed by atoms with Gasteiger partial charge in [0.25, 0.3) is 0 Å². The van der Waals surface area contributed by atoms with E-state index in [1.54, 1.807) is 0 Å². The smallest absolute Gasteiger partial charge is 0.208 e. The first-order valence-corrected chi connectivity index (χ1v) is 10.4. The normalized spacial score (nSPS) is 24.9. The van der Waals surface area contributed by atoms with Crippen LogP contribution in [0.4, 0.5) is 0 Å². The summed E-state index contributed by atoms with van der Waals surface area (Å²) in [5.41, 5.74) is 3.01. The average Bonchev–Trinajstić information content (AvgIpc) is 2.53. The molecule has 2 aliphatic rings.